The van der Waals surface area contributed by atoms with Crippen molar-refractivity contribution in [2.24, 2.45) is 12.1 Å². The van der Waals surface area contributed by atoms with Crippen LogP contribution in [0.2, 0.25) is 5.02 Å². The van der Waals surface area contributed by atoms with Crippen LogP contribution in [-0.4, -0.2) is 43.1 Å². The highest BCUT2D eigenvalue weighted by molar-refractivity contribution is 9.12. The smallest absolute Gasteiger partial charge is 0.329 e. The average Bonchev–Trinajstić information content (AvgIpc) is 3.21. The number of allylic oxidation sites excluding steroid dienone is 1. The van der Waals surface area contributed by atoms with Gasteiger partial charge >= 0.3 is 5.69 Å². The third-order valence-corrected chi connectivity index (χ3v) is 5.80. The molecule has 4 aromatic rings. The second-order valence-corrected chi connectivity index (χ2v) is 9.12. The number of ether oxygens (including phenoxy) is 1. The minimum atomic E-state index is -1.01. The number of rotatable bonds is 9. The highest BCUT2D eigenvalue weighted by atomic mass is 79.9. The van der Waals surface area contributed by atoms with E-state index >= 15 is 0 Å². The van der Waals surface area contributed by atoms with Crippen molar-refractivity contribution in [3.8, 4) is 5.75 Å². The summed E-state index contributed by atoms with van der Waals surface area (Å²) < 4.78 is 8.97. The van der Waals surface area contributed by atoms with Crippen LogP contribution in [-0.2, 0) is 13.6 Å². The first kappa shape index (κ1) is 25.4. The molecule has 0 aliphatic rings. The fraction of sp³-hybridized carbons (Fsp3) is 0.167. The standard InChI is InChI=1S/C24H22BrClN6O4/c1-31-21-20(22(34)29-24(31)35)32(13-18(33)14-36-19-9-7-17(26)8-10-19)23(28-21)30-27-12-16(25)11-15-5-3-2-4-6-15/h2-12,18,33H,13-14H2,1H3,(H,28,30)(H,29,34,35). The van der Waals surface area contributed by atoms with Crippen molar-refractivity contribution in [3.63, 3.8) is 0 Å². The Hall–Kier alpha value is -3.67. The van der Waals surface area contributed by atoms with E-state index in [1.54, 1.807) is 24.3 Å². The molecule has 0 aliphatic heterocycles. The summed E-state index contributed by atoms with van der Waals surface area (Å²) in [6.45, 7) is -0.108. The van der Waals surface area contributed by atoms with Gasteiger partial charge in [-0.3, -0.25) is 14.3 Å². The number of aliphatic hydroxyl groups is 1. The Morgan fingerprint density at radius 3 is 2.69 bits per heavy atom. The van der Waals surface area contributed by atoms with Crippen molar-refractivity contribution >= 4 is 56.9 Å². The highest BCUT2D eigenvalue weighted by Gasteiger charge is 2.20. The van der Waals surface area contributed by atoms with E-state index in [0.717, 1.165) is 5.56 Å². The molecule has 4 rings (SSSR count). The van der Waals surface area contributed by atoms with Crippen LogP contribution in [0.15, 0.2) is 73.8 Å². The molecule has 0 aliphatic carbocycles. The van der Waals surface area contributed by atoms with E-state index in [9.17, 15) is 14.7 Å². The number of nitrogens with zero attached hydrogens (tertiary/aromatic N) is 4. The molecule has 0 spiro atoms. The predicted octanol–water partition coefficient (Wildman–Crippen LogP) is 3.35. The fourth-order valence-corrected chi connectivity index (χ4v) is 3.87. The molecule has 0 radical (unpaired) electrons. The summed E-state index contributed by atoms with van der Waals surface area (Å²) in [5.41, 5.74) is 2.79. The van der Waals surface area contributed by atoms with Gasteiger partial charge in [-0.05, 0) is 51.8 Å². The van der Waals surface area contributed by atoms with Gasteiger partial charge in [-0.15, -0.1) is 0 Å². The van der Waals surface area contributed by atoms with Crippen LogP contribution in [0.4, 0.5) is 5.95 Å². The number of fused-ring (bicyclic) bond motifs is 1. The predicted molar refractivity (Wildman–Crippen MR) is 144 cm³/mol. The number of aromatic nitrogens is 4. The number of imidazole rings is 1. The molecule has 2 heterocycles. The van der Waals surface area contributed by atoms with Gasteiger partial charge in [0.1, 0.15) is 18.5 Å². The zero-order valence-electron chi connectivity index (χ0n) is 19.1. The lowest BCUT2D eigenvalue weighted by molar-refractivity contribution is 0.0938. The Kier molecular flexibility index (Phi) is 8.04. The Labute approximate surface area is 218 Å². The normalized spacial score (nSPS) is 12.8. The van der Waals surface area contributed by atoms with Crippen molar-refractivity contribution in [2.45, 2.75) is 12.6 Å². The summed E-state index contributed by atoms with van der Waals surface area (Å²) in [7, 11) is 1.49. The first-order chi connectivity index (χ1) is 17.3. The molecule has 0 amide bonds. The first-order valence-corrected chi connectivity index (χ1v) is 12.0. The molecule has 0 saturated carbocycles. The number of aromatic amines is 1. The van der Waals surface area contributed by atoms with Gasteiger partial charge in [-0.1, -0.05) is 41.9 Å². The van der Waals surface area contributed by atoms with Gasteiger partial charge in [0.2, 0.25) is 5.95 Å². The van der Waals surface area contributed by atoms with Crippen LogP contribution >= 0.6 is 27.5 Å². The number of aliphatic hydroxyl groups excluding tert-OH is 1. The van der Waals surface area contributed by atoms with Crippen LogP contribution < -0.4 is 21.4 Å². The number of hydrazone groups is 1. The molecule has 2 aromatic heterocycles. The molecule has 2 aromatic carbocycles. The van der Waals surface area contributed by atoms with Gasteiger partial charge in [-0.25, -0.2) is 10.2 Å². The van der Waals surface area contributed by atoms with Gasteiger partial charge in [0.15, 0.2) is 11.2 Å². The maximum absolute atomic E-state index is 12.6. The van der Waals surface area contributed by atoms with Crippen molar-refractivity contribution in [1.82, 2.24) is 19.1 Å². The molecule has 0 saturated heterocycles. The van der Waals surface area contributed by atoms with Crippen LogP contribution in [0.3, 0.4) is 0 Å². The number of H-pyrrole nitrogens is 1. The maximum Gasteiger partial charge on any atom is 0.329 e. The minimum Gasteiger partial charge on any atom is -0.491 e. The fourth-order valence-electron chi connectivity index (χ4n) is 3.38. The second kappa shape index (κ2) is 11.4. The van der Waals surface area contributed by atoms with Crippen LogP contribution in [0.5, 0.6) is 5.75 Å². The van der Waals surface area contributed by atoms with E-state index in [0.29, 0.717) is 15.3 Å². The van der Waals surface area contributed by atoms with Crippen molar-refractivity contribution in [1.29, 1.82) is 0 Å². The lowest BCUT2D eigenvalue weighted by Gasteiger charge is -2.15. The summed E-state index contributed by atoms with van der Waals surface area (Å²) in [5.74, 6) is 0.700. The SMILES string of the molecule is Cn1c(=O)[nH]c(=O)c2c1nc(NN=CC(Br)=Cc1ccccc1)n2CC(O)COc1ccc(Cl)cc1. The first-order valence-electron chi connectivity index (χ1n) is 10.8. The number of halogens is 2. The molecule has 1 unspecified atom stereocenters. The Bertz CT molecular complexity index is 1530. The highest BCUT2D eigenvalue weighted by Crippen LogP contribution is 2.18. The molecule has 12 heteroatoms. The summed E-state index contributed by atoms with van der Waals surface area (Å²) >= 11 is 9.33. The number of nitrogens with one attached hydrogen (secondary N) is 2. The molecule has 186 valence electrons. The van der Waals surface area contributed by atoms with Gasteiger partial charge in [0.25, 0.3) is 5.56 Å². The molecule has 0 fully saturated rings. The molecule has 1 atom stereocenters. The number of hydrogen-bond acceptors (Lipinski definition) is 7. The molecular formula is C24H22BrClN6O4. The lowest BCUT2D eigenvalue weighted by Crippen LogP contribution is -2.30. The number of hydrogen-bond donors (Lipinski definition) is 3. The molecule has 36 heavy (non-hydrogen) atoms. The monoisotopic (exact) mass is 572 g/mol. The topological polar surface area (TPSA) is 127 Å². The molecule has 0 bridgehead atoms. The second-order valence-electron chi connectivity index (χ2n) is 7.77. The van der Waals surface area contributed by atoms with Gasteiger partial charge in [-0.2, -0.15) is 10.1 Å². The summed E-state index contributed by atoms with van der Waals surface area (Å²) in [6.07, 6.45) is 2.39. The van der Waals surface area contributed by atoms with E-state index in [4.69, 9.17) is 16.3 Å². The summed E-state index contributed by atoms with van der Waals surface area (Å²) in [4.78, 5) is 31.3. The quantitative estimate of drug-likeness (QED) is 0.208. The maximum atomic E-state index is 12.6. The zero-order chi connectivity index (χ0) is 25.7. The van der Waals surface area contributed by atoms with E-state index in [1.807, 2.05) is 36.4 Å². The Balaban J connectivity index is 1.58. The van der Waals surface area contributed by atoms with E-state index in [2.05, 4.69) is 36.4 Å². The Morgan fingerprint density at radius 1 is 1.25 bits per heavy atom. The van der Waals surface area contributed by atoms with E-state index < -0.39 is 17.4 Å². The third-order valence-electron chi connectivity index (χ3n) is 5.11. The van der Waals surface area contributed by atoms with Crippen LogP contribution in [0.1, 0.15) is 5.56 Å². The Morgan fingerprint density at radius 2 is 1.97 bits per heavy atom. The largest absolute Gasteiger partial charge is 0.491 e. The van der Waals surface area contributed by atoms with Crippen molar-refractivity contribution in [3.05, 3.63) is 90.5 Å². The molecule has 3 N–H and O–H groups in total. The number of aryl methyl sites for hydroxylation is 1. The van der Waals surface area contributed by atoms with E-state index in [1.165, 1.54) is 22.4 Å². The summed E-state index contributed by atoms with van der Waals surface area (Å²) in [6, 6.07) is 16.4. The molecule has 10 nitrogen and oxygen atoms in total. The van der Waals surface area contributed by atoms with Crippen LogP contribution in [0.25, 0.3) is 17.2 Å². The minimum absolute atomic E-state index is 0.0513. The lowest BCUT2D eigenvalue weighted by atomic mass is 10.2. The third kappa shape index (κ3) is 6.11. The zero-order valence-corrected chi connectivity index (χ0v) is 21.4. The molecular weight excluding hydrogens is 552 g/mol. The van der Waals surface area contributed by atoms with E-state index in [-0.39, 0.29) is 30.3 Å². The number of anilines is 1. The van der Waals surface area contributed by atoms with Gasteiger partial charge in [0.05, 0.1) is 12.8 Å². The van der Waals surface area contributed by atoms with Gasteiger partial charge in [0, 0.05) is 16.6 Å². The number of benzene rings is 2. The van der Waals surface area contributed by atoms with Crippen molar-refractivity contribution < 1.29 is 9.84 Å². The van der Waals surface area contributed by atoms with Crippen molar-refractivity contribution in [2.75, 3.05) is 12.0 Å². The van der Waals surface area contributed by atoms with Crippen LogP contribution in [0, 0.1) is 0 Å². The van der Waals surface area contributed by atoms with Gasteiger partial charge < -0.3 is 14.4 Å². The average molecular weight is 574 g/mol. The summed E-state index contributed by atoms with van der Waals surface area (Å²) in [5, 5.41) is 15.4.